The zero-order valence-corrected chi connectivity index (χ0v) is 10.8. The normalized spacial score (nSPS) is 24.1. The van der Waals surface area contributed by atoms with Crippen LogP contribution in [-0.4, -0.2) is 22.5 Å². The number of nitrogens with zero attached hydrogens (tertiary/aromatic N) is 1. The Bertz CT molecular complexity index is 462. The quantitative estimate of drug-likeness (QED) is 0.809. The number of fused-ring (bicyclic) bond motifs is 1. The lowest BCUT2D eigenvalue weighted by Gasteiger charge is -2.43. The monoisotopic (exact) mass is 233 g/mol. The number of amides is 1. The van der Waals surface area contributed by atoms with Gasteiger partial charge in [-0.1, -0.05) is 39.0 Å². The van der Waals surface area contributed by atoms with Gasteiger partial charge in [-0.15, -0.1) is 0 Å². The number of benzene rings is 1. The molecule has 0 spiro atoms. The molecular weight excluding hydrogens is 214 g/mol. The Morgan fingerprint density at radius 3 is 2.41 bits per heavy atom. The average Bonchev–Trinajstić information content (AvgIpc) is 2.49. The van der Waals surface area contributed by atoms with Crippen molar-refractivity contribution >= 4 is 5.91 Å². The minimum Gasteiger partial charge on any atom is -0.366 e. The zero-order chi connectivity index (χ0) is 12.8. The van der Waals surface area contributed by atoms with Gasteiger partial charge in [0, 0.05) is 23.1 Å². The van der Waals surface area contributed by atoms with Crippen LogP contribution in [0.4, 0.5) is 0 Å². The van der Waals surface area contributed by atoms with Gasteiger partial charge in [-0.3, -0.25) is 4.79 Å². The fraction of sp³-hybridized carbons (Fsp3) is 0.500. The molecule has 92 valence electrons. The zero-order valence-electron chi connectivity index (χ0n) is 10.8. The van der Waals surface area contributed by atoms with E-state index in [0.717, 1.165) is 5.56 Å². The van der Waals surface area contributed by atoms with Crippen molar-refractivity contribution in [3.63, 3.8) is 0 Å². The van der Waals surface area contributed by atoms with E-state index in [1.807, 2.05) is 45.9 Å². The number of hydrogen-bond acceptors (Lipinski definition) is 2. The van der Waals surface area contributed by atoms with Gasteiger partial charge in [-0.2, -0.15) is 0 Å². The second-order valence-electron chi connectivity index (χ2n) is 5.52. The lowest BCUT2D eigenvalue weighted by Crippen LogP contribution is -2.52. The van der Waals surface area contributed by atoms with E-state index < -0.39 is 11.1 Å². The highest BCUT2D eigenvalue weighted by atomic mass is 16.3. The van der Waals surface area contributed by atoms with E-state index in [2.05, 4.69) is 0 Å². The summed E-state index contributed by atoms with van der Waals surface area (Å²) in [4.78, 5) is 13.8. The Morgan fingerprint density at radius 2 is 1.88 bits per heavy atom. The van der Waals surface area contributed by atoms with Crippen LogP contribution in [0.3, 0.4) is 0 Å². The van der Waals surface area contributed by atoms with Crippen LogP contribution in [0.15, 0.2) is 24.3 Å². The van der Waals surface area contributed by atoms with Crippen LogP contribution in [0, 0.1) is 5.41 Å². The summed E-state index contributed by atoms with van der Waals surface area (Å²) in [6.07, 6.45) is 0. The van der Waals surface area contributed by atoms with Gasteiger partial charge >= 0.3 is 0 Å². The van der Waals surface area contributed by atoms with Gasteiger partial charge in [-0.25, -0.2) is 0 Å². The van der Waals surface area contributed by atoms with Crippen molar-refractivity contribution in [3.05, 3.63) is 35.4 Å². The van der Waals surface area contributed by atoms with E-state index in [-0.39, 0.29) is 5.91 Å². The molecule has 1 aliphatic heterocycles. The number of aliphatic hydroxyl groups is 1. The first-order valence-electron chi connectivity index (χ1n) is 5.98. The third-order valence-electron chi connectivity index (χ3n) is 3.53. The fourth-order valence-electron chi connectivity index (χ4n) is 2.59. The predicted molar refractivity (Wildman–Crippen MR) is 66.5 cm³/mol. The summed E-state index contributed by atoms with van der Waals surface area (Å²) in [7, 11) is 0. The molecule has 0 radical (unpaired) electrons. The molecule has 1 aromatic rings. The molecule has 3 heteroatoms. The number of hydrogen-bond donors (Lipinski definition) is 1. The van der Waals surface area contributed by atoms with Gasteiger partial charge in [0.2, 0.25) is 0 Å². The summed E-state index contributed by atoms with van der Waals surface area (Å²) >= 11 is 0. The summed E-state index contributed by atoms with van der Waals surface area (Å²) in [5.41, 5.74) is -0.299. The van der Waals surface area contributed by atoms with Crippen molar-refractivity contribution in [3.8, 4) is 0 Å². The molecule has 0 bridgehead atoms. The molecule has 17 heavy (non-hydrogen) atoms. The molecule has 0 aliphatic carbocycles. The molecule has 0 aromatic heterocycles. The average molecular weight is 233 g/mol. The second-order valence-corrected chi connectivity index (χ2v) is 5.52. The summed E-state index contributed by atoms with van der Waals surface area (Å²) in [5, 5.41) is 11.0. The van der Waals surface area contributed by atoms with E-state index in [1.165, 1.54) is 0 Å². The van der Waals surface area contributed by atoms with Crippen LogP contribution in [0.2, 0.25) is 0 Å². The molecule has 1 N–H and O–H groups in total. The minimum atomic E-state index is -1.21. The molecule has 2 rings (SSSR count). The lowest BCUT2D eigenvalue weighted by molar-refractivity contribution is -0.157. The van der Waals surface area contributed by atoms with Crippen LogP contribution < -0.4 is 0 Å². The van der Waals surface area contributed by atoms with Gasteiger partial charge in [0.05, 0.1) is 0 Å². The van der Waals surface area contributed by atoms with Crippen molar-refractivity contribution in [2.24, 2.45) is 5.41 Å². The first kappa shape index (κ1) is 12.1. The standard InChI is InChI=1S/C14H19NO2/c1-5-15-12(16)10-8-6-7-9-11(10)14(15,17)13(2,3)4/h6-9,17H,5H2,1-4H3/t14-/m0/s1. The van der Waals surface area contributed by atoms with Gasteiger partial charge in [0.25, 0.3) is 5.91 Å². The van der Waals surface area contributed by atoms with E-state index in [9.17, 15) is 9.90 Å². The van der Waals surface area contributed by atoms with Crippen molar-refractivity contribution in [2.45, 2.75) is 33.4 Å². The Hall–Kier alpha value is -1.35. The molecule has 1 aromatic carbocycles. The topological polar surface area (TPSA) is 40.5 Å². The van der Waals surface area contributed by atoms with E-state index in [0.29, 0.717) is 12.1 Å². The number of rotatable bonds is 1. The summed E-state index contributed by atoms with van der Waals surface area (Å²) in [5.74, 6) is -0.0828. The van der Waals surface area contributed by atoms with Gasteiger partial charge in [0.1, 0.15) is 0 Å². The first-order chi connectivity index (χ1) is 7.84. The summed E-state index contributed by atoms with van der Waals surface area (Å²) < 4.78 is 0. The third kappa shape index (κ3) is 1.42. The molecule has 1 amide bonds. The first-order valence-corrected chi connectivity index (χ1v) is 5.98. The maximum atomic E-state index is 12.3. The summed E-state index contributed by atoms with van der Waals surface area (Å²) in [6, 6.07) is 7.32. The Balaban J connectivity index is 2.70. The van der Waals surface area contributed by atoms with Crippen molar-refractivity contribution in [1.29, 1.82) is 0 Å². The minimum absolute atomic E-state index is 0.0828. The molecule has 0 fully saturated rings. The van der Waals surface area contributed by atoms with Crippen LogP contribution in [0.25, 0.3) is 0 Å². The predicted octanol–water partition coefficient (Wildman–Crippen LogP) is 2.35. The molecule has 0 saturated heterocycles. The summed E-state index contributed by atoms with van der Waals surface area (Å²) in [6.45, 7) is 8.24. The lowest BCUT2D eigenvalue weighted by atomic mass is 9.78. The Morgan fingerprint density at radius 1 is 1.29 bits per heavy atom. The Labute approximate surface area is 102 Å². The second kappa shape index (κ2) is 3.57. The van der Waals surface area contributed by atoms with Gasteiger partial charge in [0.15, 0.2) is 5.72 Å². The maximum absolute atomic E-state index is 12.3. The van der Waals surface area contributed by atoms with E-state index in [1.54, 1.807) is 11.0 Å². The molecule has 0 saturated carbocycles. The maximum Gasteiger partial charge on any atom is 0.256 e. The SMILES string of the molecule is CCN1C(=O)c2ccccc2[C@]1(O)C(C)(C)C. The van der Waals surface area contributed by atoms with Crippen LogP contribution in [0.5, 0.6) is 0 Å². The largest absolute Gasteiger partial charge is 0.366 e. The Kier molecular flexibility index (Phi) is 2.54. The third-order valence-corrected chi connectivity index (χ3v) is 3.53. The van der Waals surface area contributed by atoms with Crippen LogP contribution >= 0.6 is 0 Å². The van der Waals surface area contributed by atoms with Crippen molar-refractivity contribution < 1.29 is 9.90 Å². The molecule has 1 aliphatic rings. The van der Waals surface area contributed by atoms with Crippen molar-refractivity contribution in [2.75, 3.05) is 6.54 Å². The van der Waals surface area contributed by atoms with E-state index >= 15 is 0 Å². The highest BCUT2D eigenvalue weighted by Crippen LogP contribution is 2.48. The molecule has 1 atom stereocenters. The van der Waals surface area contributed by atoms with Crippen LogP contribution in [0.1, 0.15) is 43.6 Å². The molecular formula is C14H19NO2. The number of carbonyl (C=O) groups excluding carboxylic acids is 1. The fourth-order valence-corrected chi connectivity index (χ4v) is 2.59. The highest BCUT2D eigenvalue weighted by Gasteiger charge is 2.54. The van der Waals surface area contributed by atoms with E-state index in [4.69, 9.17) is 0 Å². The number of carbonyl (C=O) groups is 1. The molecule has 3 nitrogen and oxygen atoms in total. The smallest absolute Gasteiger partial charge is 0.256 e. The highest BCUT2D eigenvalue weighted by molar-refractivity contribution is 5.99. The van der Waals surface area contributed by atoms with Gasteiger partial charge < -0.3 is 10.0 Å². The van der Waals surface area contributed by atoms with Gasteiger partial charge in [-0.05, 0) is 13.0 Å². The molecule has 1 heterocycles. The van der Waals surface area contributed by atoms with Crippen LogP contribution in [-0.2, 0) is 5.72 Å². The van der Waals surface area contributed by atoms with Crippen molar-refractivity contribution in [1.82, 2.24) is 4.90 Å². The molecule has 0 unspecified atom stereocenters.